The van der Waals surface area contributed by atoms with Crippen molar-refractivity contribution in [1.29, 1.82) is 0 Å². The van der Waals surface area contributed by atoms with Crippen molar-refractivity contribution >= 4 is 22.9 Å². The number of nitrogens with one attached hydrogen (secondary N) is 1. The summed E-state index contributed by atoms with van der Waals surface area (Å²) in [5, 5.41) is 7.86. The summed E-state index contributed by atoms with van der Waals surface area (Å²) >= 11 is 8.05. The van der Waals surface area contributed by atoms with Gasteiger partial charge in [0.15, 0.2) is 0 Å². The Kier molecular flexibility index (Phi) is 4.34. The highest BCUT2D eigenvalue weighted by atomic mass is 35.5. The molecule has 4 heteroatoms. The predicted molar refractivity (Wildman–Crippen MR) is 90.4 cm³/mol. The van der Waals surface area contributed by atoms with E-state index < -0.39 is 0 Å². The first-order chi connectivity index (χ1) is 10.0. The van der Waals surface area contributed by atoms with E-state index in [1.807, 2.05) is 6.92 Å². The van der Waals surface area contributed by atoms with Gasteiger partial charge in [0.05, 0.1) is 11.7 Å². The molecule has 1 atom stereocenters. The standard InChI is InChI=1S/C17H21ClN2S/c1-10(2)15-9-21-17(20-15)16(19-13-6-7-13)12-5-4-11(3)14(18)8-12/h4-5,8-10,13,16,19H,6-7H2,1-3H3. The Labute approximate surface area is 135 Å². The monoisotopic (exact) mass is 320 g/mol. The van der Waals surface area contributed by atoms with E-state index in [2.05, 4.69) is 42.7 Å². The molecule has 1 heterocycles. The molecule has 1 fully saturated rings. The van der Waals surface area contributed by atoms with E-state index in [1.54, 1.807) is 11.3 Å². The maximum Gasteiger partial charge on any atom is 0.114 e. The molecule has 1 aliphatic rings. The van der Waals surface area contributed by atoms with Crippen LogP contribution < -0.4 is 5.32 Å². The fourth-order valence-electron chi connectivity index (χ4n) is 2.28. The Morgan fingerprint density at radius 1 is 1.33 bits per heavy atom. The maximum atomic E-state index is 6.31. The number of rotatable bonds is 5. The third kappa shape index (κ3) is 3.47. The zero-order chi connectivity index (χ0) is 15.0. The largest absolute Gasteiger partial charge is 0.301 e. The molecule has 1 aliphatic carbocycles. The van der Waals surface area contributed by atoms with Crippen LogP contribution in [0.1, 0.15) is 60.5 Å². The van der Waals surface area contributed by atoms with Crippen molar-refractivity contribution in [1.82, 2.24) is 10.3 Å². The zero-order valence-corrected chi connectivity index (χ0v) is 14.3. The van der Waals surface area contributed by atoms with E-state index in [4.69, 9.17) is 16.6 Å². The molecular formula is C17H21ClN2S. The van der Waals surface area contributed by atoms with Crippen LogP contribution in [0.5, 0.6) is 0 Å². The van der Waals surface area contributed by atoms with Gasteiger partial charge >= 0.3 is 0 Å². The van der Waals surface area contributed by atoms with Crippen molar-refractivity contribution in [2.45, 2.75) is 51.6 Å². The molecule has 0 amide bonds. The number of hydrogen-bond donors (Lipinski definition) is 1. The number of nitrogens with zero attached hydrogens (tertiary/aromatic N) is 1. The summed E-state index contributed by atoms with van der Waals surface area (Å²) in [7, 11) is 0. The third-order valence-corrected chi connectivity index (χ3v) is 5.22. The van der Waals surface area contributed by atoms with Gasteiger partial charge in [-0.25, -0.2) is 4.98 Å². The highest BCUT2D eigenvalue weighted by molar-refractivity contribution is 7.09. The van der Waals surface area contributed by atoms with E-state index in [0.717, 1.165) is 15.6 Å². The highest BCUT2D eigenvalue weighted by Crippen LogP contribution is 2.33. The van der Waals surface area contributed by atoms with Crippen LogP contribution in [0.4, 0.5) is 0 Å². The molecule has 0 spiro atoms. The first kappa shape index (κ1) is 15.0. The van der Waals surface area contributed by atoms with E-state index in [1.165, 1.54) is 24.1 Å². The summed E-state index contributed by atoms with van der Waals surface area (Å²) in [5.41, 5.74) is 3.51. The Balaban J connectivity index is 1.93. The highest BCUT2D eigenvalue weighted by Gasteiger charge is 2.28. The zero-order valence-electron chi connectivity index (χ0n) is 12.7. The Morgan fingerprint density at radius 3 is 2.67 bits per heavy atom. The number of hydrogen-bond acceptors (Lipinski definition) is 3. The molecule has 0 bridgehead atoms. The van der Waals surface area contributed by atoms with Crippen LogP contribution in [0.25, 0.3) is 0 Å². The van der Waals surface area contributed by atoms with Gasteiger partial charge in [0.1, 0.15) is 5.01 Å². The van der Waals surface area contributed by atoms with Gasteiger partial charge in [-0.15, -0.1) is 11.3 Å². The average Bonchev–Trinajstić information content (AvgIpc) is 3.13. The van der Waals surface area contributed by atoms with Gasteiger partial charge in [-0.1, -0.05) is 37.6 Å². The first-order valence-corrected chi connectivity index (χ1v) is 8.77. The molecule has 1 N–H and O–H groups in total. The van der Waals surface area contributed by atoms with Crippen LogP contribution in [0.3, 0.4) is 0 Å². The second kappa shape index (κ2) is 6.07. The third-order valence-electron chi connectivity index (χ3n) is 3.89. The molecule has 2 aromatic rings. The topological polar surface area (TPSA) is 24.9 Å². The lowest BCUT2D eigenvalue weighted by Crippen LogP contribution is -2.24. The lowest BCUT2D eigenvalue weighted by molar-refractivity contribution is 0.595. The van der Waals surface area contributed by atoms with Gasteiger partial charge in [0.25, 0.3) is 0 Å². The molecule has 1 saturated carbocycles. The second-order valence-corrected chi connectivity index (χ2v) is 7.44. The lowest BCUT2D eigenvalue weighted by atomic mass is 10.1. The molecular weight excluding hydrogens is 300 g/mol. The van der Waals surface area contributed by atoms with E-state index in [-0.39, 0.29) is 6.04 Å². The van der Waals surface area contributed by atoms with Crippen LogP contribution in [-0.4, -0.2) is 11.0 Å². The Bertz CT molecular complexity index is 631. The van der Waals surface area contributed by atoms with Crippen LogP contribution in [0.15, 0.2) is 23.6 Å². The van der Waals surface area contributed by atoms with Crippen molar-refractivity contribution in [2.24, 2.45) is 0 Å². The SMILES string of the molecule is Cc1ccc(C(NC2CC2)c2nc(C(C)C)cs2)cc1Cl. The van der Waals surface area contributed by atoms with Crippen LogP contribution >= 0.6 is 22.9 Å². The molecule has 21 heavy (non-hydrogen) atoms. The van der Waals surface area contributed by atoms with Gasteiger partial charge in [-0.05, 0) is 42.9 Å². The summed E-state index contributed by atoms with van der Waals surface area (Å²) in [5.74, 6) is 0.471. The number of halogens is 1. The Morgan fingerprint density at radius 2 is 2.10 bits per heavy atom. The molecule has 1 unspecified atom stereocenters. The van der Waals surface area contributed by atoms with Crippen molar-refractivity contribution in [2.75, 3.05) is 0 Å². The normalized spacial score (nSPS) is 16.4. The minimum absolute atomic E-state index is 0.160. The fourth-order valence-corrected chi connectivity index (χ4v) is 3.54. The fraction of sp³-hybridized carbons (Fsp3) is 0.471. The molecule has 3 rings (SSSR count). The molecule has 0 aliphatic heterocycles. The van der Waals surface area contributed by atoms with Gasteiger partial charge in [-0.2, -0.15) is 0 Å². The van der Waals surface area contributed by atoms with E-state index in [9.17, 15) is 0 Å². The number of thiazole rings is 1. The quantitative estimate of drug-likeness (QED) is 0.832. The first-order valence-electron chi connectivity index (χ1n) is 7.52. The molecule has 1 aromatic carbocycles. The van der Waals surface area contributed by atoms with Crippen molar-refractivity contribution < 1.29 is 0 Å². The van der Waals surface area contributed by atoms with E-state index in [0.29, 0.717) is 12.0 Å². The minimum Gasteiger partial charge on any atom is -0.301 e. The predicted octanol–water partition coefficient (Wildman–Crippen LogP) is 5.07. The summed E-state index contributed by atoms with van der Waals surface area (Å²) in [6.07, 6.45) is 2.52. The molecule has 112 valence electrons. The summed E-state index contributed by atoms with van der Waals surface area (Å²) in [4.78, 5) is 4.83. The number of benzene rings is 1. The van der Waals surface area contributed by atoms with Crippen LogP contribution in [0.2, 0.25) is 5.02 Å². The van der Waals surface area contributed by atoms with Crippen molar-refractivity contribution in [3.8, 4) is 0 Å². The Hall–Kier alpha value is -0.900. The molecule has 2 nitrogen and oxygen atoms in total. The van der Waals surface area contributed by atoms with Crippen LogP contribution in [0, 0.1) is 6.92 Å². The summed E-state index contributed by atoms with van der Waals surface area (Å²) in [6, 6.07) is 7.12. The number of aromatic nitrogens is 1. The maximum absolute atomic E-state index is 6.31. The average molecular weight is 321 g/mol. The number of aryl methyl sites for hydroxylation is 1. The second-order valence-electron chi connectivity index (χ2n) is 6.15. The molecule has 1 aromatic heterocycles. The van der Waals surface area contributed by atoms with Gasteiger partial charge < -0.3 is 5.32 Å². The smallest absolute Gasteiger partial charge is 0.114 e. The molecule has 0 saturated heterocycles. The van der Waals surface area contributed by atoms with Gasteiger partial charge in [0.2, 0.25) is 0 Å². The summed E-state index contributed by atoms with van der Waals surface area (Å²) in [6.45, 7) is 6.41. The molecule has 0 radical (unpaired) electrons. The van der Waals surface area contributed by atoms with Crippen molar-refractivity contribution in [3.05, 3.63) is 50.4 Å². The van der Waals surface area contributed by atoms with Gasteiger partial charge in [0, 0.05) is 16.4 Å². The van der Waals surface area contributed by atoms with E-state index >= 15 is 0 Å². The minimum atomic E-state index is 0.160. The van der Waals surface area contributed by atoms with Crippen molar-refractivity contribution in [3.63, 3.8) is 0 Å². The summed E-state index contributed by atoms with van der Waals surface area (Å²) < 4.78 is 0. The van der Waals surface area contributed by atoms with Gasteiger partial charge in [-0.3, -0.25) is 0 Å². The lowest BCUT2D eigenvalue weighted by Gasteiger charge is -2.17. The van der Waals surface area contributed by atoms with Crippen LogP contribution in [-0.2, 0) is 0 Å².